The molecule has 8 heteroatoms. The zero-order chi connectivity index (χ0) is 22.7. The van der Waals surface area contributed by atoms with Gasteiger partial charge in [-0.3, -0.25) is 9.69 Å². The number of aliphatic hydroxyl groups excluding tert-OH is 1. The fourth-order valence-electron chi connectivity index (χ4n) is 4.53. The minimum absolute atomic E-state index is 0.0192. The third-order valence-corrected chi connectivity index (χ3v) is 7.96. The lowest BCUT2D eigenvalue weighted by Crippen LogP contribution is -2.58. The summed E-state index contributed by atoms with van der Waals surface area (Å²) in [5.41, 5.74) is 2.49. The minimum atomic E-state index is -0.274. The number of nitrogens with zero attached hydrogens (tertiary/aromatic N) is 3. The first-order valence-corrected chi connectivity index (χ1v) is 12.6. The molecule has 2 aliphatic rings. The number of ether oxygens (including phenoxy) is 1. The molecule has 0 bridgehead atoms. The van der Waals surface area contributed by atoms with Gasteiger partial charge in [-0.1, -0.05) is 37.6 Å². The van der Waals surface area contributed by atoms with Crippen molar-refractivity contribution in [2.75, 3.05) is 39.4 Å². The SMILES string of the molecule is CC(C)c1nc(C(=O)N2CCOC3(CCN(Cc4cc(CCO)ccc4Cl)CC3)C2)cs1. The highest BCUT2D eigenvalue weighted by atomic mass is 35.5. The average molecular weight is 478 g/mol. The van der Waals surface area contributed by atoms with Crippen LogP contribution in [0.5, 0.6) is 0 Å². The van der Waals surface area contributed by atoms with Gasteiger partial charge in [0.15, 0.2) is 0 Å². The van der Waals surface area contributed by atoms with Gasteiger partial charge in [0.25, 0.3) is 5.91 Å². The van der Waals surface area contributed by atoms with Crippen LogP contribution < -0.4 is 0 Å². The van der Waals surface area contributed by atoms with Crippen LogP contribution in [0, 0.1) is 0 Å². The molecular weight excluding hydrogens is 446 g/mol. The number of piperidine rings is 1. The van der Waals surface area contributed by atoms with Crippen molar-refractivity contribution < 1.29 is 14.6 Å². The van der Waals surface area contributed by atoms with Gasteiger partial charge in [-0.2, -0.15) is 0 Å². The number of carbonyl (C=O) groups excluding carboxylic acids is 1. The molecule has 1 amide bonds. The summed E-state index contributed by atoms with van der Waals surface area (Å²) in [6.45, 7) is 8.73. The van der Waals surface area contributed by atoms with Crippen molar-refractivity contribution in [1.29, 1.82) is 0 Å². The zero-order valence-corrected chi connectivity index (χ0v) is 20.4. The van der Waals surface area contributed by atoms with Gasteiger partial charge >= 0.3 is 0 Å². The first-order valence-electron chi connectivity index (χ1n) is 11.4. The van der Waals surface area contributed by atoms with E-state index in [0.717, 1.165) is 53.6 Å². The Bertz CT molecular complexity index is 940. The molecule has 1 aromatic carbocycles. The number of amides is 1. The third-order valence-electron chi connectivity index (χ3n) is 6.44. The number of morpholine rings is 1. The Hall–Kier alpha value is -1.51. The van der Waals surface area contributed by atoms with Crippen molar-refractivity contribution in [3.8, 4) is 0 Å². The van der Waals surface area contributed by atoms with E-state index in [1.54, 1.807) is 11.3 Å². The van der Waals surface area contributed by atoms with Gasteiger partial charge in [-0.15, -0.1) is 11.3 Å². The van der Waals surface area contributed by atoms with Gasteiger partial charge in [0.05, 0.1) is 23.8 Å². The average Bonchev–Trinajstić information content (AvgIpc) is 3.28. The summed E-state index contributed by atoms with van der Waals surface area (Å²) < 4.78 is 6.25. The number of aliphatic hydroxyl groups is 1. The Kier molecular flexibility index (Phi) is 7.52. The molecule has 2 aliphatic heterocycles. The molecule has 1 N–H and O–H groups in total. The number of rotatable bonds is 6. The number of benzene rings is 1. The molecule has 6 nitrogen and oxygen atoms in total. The molecule has 2 fully saturated rings. The lowest BCUT2D eigenvalue weighted by atomic mass is 9.89. The lowest BCUT2D eigenvalue weighted by molar-refractivity contribution is -0.128. The summed E-state index contributed by atoms with van der Waals surface area (Å²) in [5.74, 6) is 0.352. The van der Waals surface area contributed by atoms with E-state index in [2.05, 4.69) is 29.8 Å². The van der Waals surface area contributed by atoms with Gasteiger partial charge in [-0.05, 0) is 36.5 Å². The van der Waals surface area contributed by atoms with E-state index in [1.165, 1.54) is 0 Å². The maximum atomic E-state index is 13.1. The monoisotopic (exact) mass is 477 g/mol. The second kappa shape index (κ2) is 10.2. The number of thiazole rings is 1. The Morgan fingerprint density at radius 1 is 1.31 bits per heavy atom. The quantitative estimate of drug-likeness (QED) is 0.682. The van der Waals surface area contributed by atoms with E-state index >= 15 is 0 Å². The van der Waals surface area contributed by atoms with E-state index in [9.17, 15) is 9.90 Å². The summed E-state index contributed by atoms with van der Waals surface area (Å²) in [6.07, 6.45) is 2.42. The van der Waals surface area contributed by atoms with Gasteiger partial charge in [0, 0.05) is 49.1 Å². The Morgan fingerprint density at radius 2 is 2.09 bits per heavy atom. The number of likely N-dealkylation sites (tertiary alicyclic amines) is 1. The summed E-state index contributed by atoms with van der Waals surface area (Å²) in [7, 11) is 0. The maximum absolute atomic E-state index is 13.1. The van der Waals surface area contributed by atoms with Crippen LogP contribution in [-0.4, -0.2) is 70.8 Å². The van der Waals surface area contributed by atoms with Crippen LogP contribution in [0.4, 0.5) is 0 Å². The summed E-state index contributed by atoms with van der Waals surface area (Å²) in [6, 6.07) is 5.99. The molecule has 0 radical (unpaired) electrons. The standard InChI is InChI=1S/C24H32ClN3O3S/c1-17(2)22-26-21(15-32-22)23(30)28-10-12-31-24(16-28)6-8-27(9-7-24)14-19-13-18(5-11-29)3-4-20(19)25/h3-4,13,15,17,29H,5-12,14,16H2,1-2H3. The minimum Gasteiger partial charge on any atom is -0.396 e. The van der Waals surface area contributed by atoms with Crippen LogP contribution in [0.2, 0.25) is 5.02 Å². The predicted octanol–water partition coefficient (Wildman–Crippen LogP) is 3.96. The van der Waals surface area contributed by atoms with Crippen LogP contribution in [0.25, 0.3) is 0 Å². The van der Waals surface area contributed by atoms with Crippen molar-refractivity contribution in [3.63, 3.8) is 0 Å². The number of hydrogen-bond donors (Lipinski definition) is 1. The van der Waals surface area contributed by atoms with Crippen molar-refractivity contribution in [2.45, 2.75) is 51.2 Å². The third kappa shape index (κ3) is 5.34. The molecule has 2 aromatic rings. The highest BCUT2D eigenvalue weighted by Gasteiger charge is 2.41. The molecule has 3 heterocycles. The fraction of sp³-hybridized carbons (Fsp3) is 0.583. The molecule has 174 valence electrons. The van der Waals surface area contributed by atoms with E-state index in [0.29, 0.717) is 37.7 Å². The second-order valence-electron chi connectivity index (χ2n) is 9.16. The lowest BCUT2D eigenvalue weighted by Gasteiger charge is -2.47. The number of aromatic nitrogens is 1. The molecule has 0 aliphatic carbocycles. The Morgan fingerprint density at radius 3 is 2.78 bits per heavy atom. The largest absolute Gasteiger partial charge is 0.396 e. The normalized spacial score (nSPS) is 19.1. The number of halogens is 1. The molecule has 0 unspecified atom stereocenters. The Labute approximate surface area is 199 Å². The molecule has 4 rings (SSSR count). The molecule has 1 spiro atoms. The summed E-state index contributed by atoms with van der Waals surface area (Å²) in [4.78, 5) is 21.9. The van der Waals surface area contributed by atoms with E-state index < -0.39 is 0 Å². The van der Waals surface area contributed by atoms with Gasteiger partial charge in [0.1, 0.15) is 5.69 Å². The zero-order valence-electron chi connectivity index (χ0n) is 18.8. The highest BCUT2D eigenvalue weighted by molar-refractivity contribution is 7.09. The van der Waals surface area contributed by atoms with Crippen LogP contribution in [0.1, 0.15) is 59.2 Å². The van der Waals surface area contributed by atoms with Crippen molar-refractivity contribution in [1.82, 2.24) is 14.8 Å². The van der Waals surface area contributed by atoms with E-state index in [-0.39, 0.29) is 18.1 Å². The maximum Gasteiger partial charge on any atom is 0.273 e. The molecular formula is C24H32ClN3O3S. The smallest absolute Gasteiger partial charge is 0.273 e. The number of hydrogen-bond acceptors (Lipinski definition) is 6. The molecule has 32 heavy (non-hydrogen) atoms. The van der Waals surface area contributed by atoms with Crippen LogP contribution in [-0.2, 0) is 17.7 Å². The first-order chi connectivity index (χ1) is 15.4. The first kappa shape index (κ1) is 23.6. The van der Waals surface area contributed by atoms with Crippen molar-refractivity contribution in [3.05, 3.63) is 50.4 Å². The van der Waals surface area contributed by atoms with Crippen molar-refractivity contribution in [2.24, 2.45) is 0 Å². The van der Waals surface area contributed by atoms with Crippen LogP contribution in [0.15, 0.2) is 23.6 Å². The molecule has 1 aromatic heterocycles. The van der Waals surface area contributed by atoms with Crippen LogP contribution >= 0.6 is 22.9 Å². The second-order valence-corrected chi connectivity index (χ2v) is 10.5. The number of carbonyl (C=O) groups is 1. The van der Waals surface area contributed by atoms with Gasteiger partial charge in [0.2, 0.25) is 0 Å². The predicted molar refractivity (Wildman–Crippen MR) is 128 cm³/mol. The Balaban J connectivity index is 1.36. The van der Waals surface area contributed by atoms with E-state index in [4.69, 9.17) is 16.3 Å². The van der Waals surface area contributed by atoms with E-state index in [1.807, 2.05) is 22.4 Å². The fourth-order valence-corrected chi connectivity index (χ4v) is 5.51. The van der Waals surface area contributed by atoms with Gasteiger partial charge < -0.3 is 14.7 Å². The molecule has 0 saturated carbocycles. The molecule has 0 atom stereocenters. The van der Waals surface area contributed by atoms with Gasteiger partial charge in [-0.25, -0.2) is 4.98 Å². The highest BCUT2D eigenvalue weighted by Crippen LogP contribution is 2.32. The van der Waals surface area contributed by atoms with Crippen LogP contribution in [0.3, 0.4) is 0 Å². The van der Waals surface area contributed by atoms with Crippen molar-refractivity contribution >= 4 is 28.8 Å². The topological polar surface area (TPSA) is 65.9 Å². The summed E-state index contributed by atoms with van der Waals surface area (Å²) >= 11 is 7.99. The molecule has 2 saturated heterocycles. The summed E-state index contributed by atoms with van der Waals surface area (Å²) in [5, 5.41) is 12.9.